The van der Waals surface area contributed by atoms with Crippen LogP contribution in [-0.2, 0) is 8.94 Å². The van der Waals surface area contributed by atoms with Gasteiger partial charge in [0.1, 0.15) is 0 Å². The van der Waals surface area contributed by atoms with E-state index in [1.54, 1.807) is 10.8 Å². The highest BCUT2D eigenvalue weighted by molar-refractivity contribution is 8.78. The Balaban J connectivity index is 1.86. The monoisotopic (exact) mass is 280 g/mol. The number of nitrogens with zero attached hydrogens (tertiary/aromatic N) is 1. The molecule has 1 N–H and O–H groups in total. The van der Waals surface area contributed by atoms with Crippen LogP contribution in [0.3, 0.4) is 0 Å². The highest BCUT2D eigenvalue weighted by Gasteiger charge is 2.13. The fraction of sp³-hybridized carbons (Fsp3) is 0. The molecule has 0 aliphatic carbocycles. The van der Waals surface area contributed by atoms with Crippen LogP contribution < -0.4 is 5.32 Å². The van der Waals surface area contributed by atoms with Crippen molar-refractivity contribution in [3.8, 4) is 0 Å². The van der Waals surface area contributed by atoms with Crippen molar-refractivity contribution in [1.29, 1.82) is 0 Å². The molecule has 0 spiro atoms. The van der Waals surface area contributed by atoms with Crippen molar-refractivity contribution in [3.05, 3.63) is 48.5 Å². The molecule has 2 nitrogen and oxygen atoms in total. The standard InChI is InChI=1S/C12H9ClN2S2/c13-17-15-11-7-6-10(8-12(11)16-17)14-9-4-2-1-3-5-9/h1-8,14H. The molecule has 1 atom stereocenters. The summed E-state index contributed by atoms with van der Waals surface area (Å²) in [5.74, 6) is 0. The predicted molar refractivity (Wildman–Crippen MR) is 77.3 cm³/mol. The van der Waals surface area contributed by atoms with E-state index in [1.165, 1.54) is 0 Å². The predicted octanol–water partition coefficient (Wildman–Crippen LogP) is 5.04. The number of halogens is 1. The maximum absolute atomic E-state index is 5.99. The van der Waals surface area contributed by atoms with Crippen LogP contribution in [0.2, 0.25) is 0 Å². The smallest absolute Gasteiger partial charge is 0.0873 e. The summed E-state index contributed by atoms with van der Waals surface area (Å²) in [7, 11) is 7.16. The Morgan fingerprint density at radius 1 is 1.06 bits per heavy atom. The van der Waals surface area contributed by atoms with E-state index in [0.717, 1.165) is 22.0 Å². The number of rotatable bonds is 2. The van der Waals surface area contributed by atoms with Gasteiger partial charge in [-0.15, -0.1) is 0 Å². The van der Waals surface area contributed by atoms with E-state index in [2.05, 4.69) is 15.7 Å². The molecule has 86 valence electrons. The average molecular weight is 281 g/mol. The third-order valence-corrected chi connectivity index (χ3v) is 5.28. The number of nitrogens with one attached hydrogen (secondary N) is 1. The Morgan fingerprint density at radius 3 is 2.71 bits per heavy atom. The molecule has 0 radical (unpaired) electrons. The molecule has 0 saturated heterocycles. The zero-order valence-electron chi connectivity index (χ0n) is 8.76. The number of hydrogen-bond acceptors (Lipinski definition) is 3. The number of benzene rings is 2. The van der Waals surface area contributed by atoms with E-state index in [4.69, 9.17) is 10.7 Å². The molecular weight excluding hydrogens is 272 g/mol. The molecular formula is C12H9ClN2S2. The second kappa shape index (κ2) is 4.72. The Labute approximate surface area is 110 Å². The van der Waals surface area contributed by atoms with Gasteiger partial charge in [0.2, 0.25) is 0 Å². The summed E-state index contributed by atoms with van der Waals surface area (Å²) < 4.78 is 4.33. The average Bonchev–Trinajstić information content (AvgIpc) is 2.70. The van der Waals surface area contributed by atoms with Gasteiger partial charge < -0.3 is 5.32 Å². The van der Waals surface area contributed by atoms with E-state index >= 15 is 0 Å². The first kappa shape index (κ1) is 11.1. The first-order chi connectivity index (χ1) is 8.31. The number of fused-ring (bicyclic) bond motifs is 1. The van der Waals surface area contributed by atoms with E-state index in [-0.39, 0.29) is 0 Å². The maximum atomic E-state index is 5.99. The van der Waals surface area contributed by atoms with E-state index < -0.39 is 8.94 Å². The minimum Gasteiger partial charge on any atom is -0.355 e. The van der Waals surface area contributed by atoms with Gasteiger partial charge in [0, 0.05) is 16.3 Å². The summed E-state index contributed by atoms with van der Waals surface area (Å²) >= 11 is 0. The molecule has 1 unspecified atom stereocenters. The SMILES string of the molecule is ClS1=Nc2ccc(Nc3ccccc3)cc2S1. The summed E-state index contributed by atoms with van der Waals surface area (Å²) in [6, 6.07) is 16.2. The molecule has 2 aromatic rings. The lowest BCUT2D eigenvalue weighted by molar-refractivity contribution is 1.40. The highest BCUT2D eigenvalue weighted by atomic mass is 35.7. The molecule has 5 heteroatoms. The Morgan fingerprint density at radius 2 is 1.88 bits per heavy atom. The van der Waals surface area contributed by atoms with Gasteiger partial charge in [-0.05, 0) is 51.8 Å². The van der Waals surface area contributed by atoms with E-state index in [0.29, 0.717) is 0 Å². The van der Waals surface area contributed by atoms with Crippen molar-refractivity contribution in [3.63, 3.8) is 0 Å². The largest absolute Gasteiger partial charge is 0.355 e. The van der Waals surface area contributed by atoms with Gasteiger partial charge in [0.05, 0.1) is 14.6 Å². The van der Waals surface area contributed by atoms with Gasteiger partial charge in [-0.1, -0.05) is 18.2 Å². The Hall–Kier alpha value is -0.970. The Bertz CT molecular complexity index is 584. The first-order valence-corrected chi connectivity index (χ1v) is 8.42. The fourth-order valence-corrected chi connectivity index (χ4v) is 4.55. The van der Waals surface area contributed by atoms with Gasteiger partial charge >= 0.3 is 0 Å². The molecule has 1 heterocycles. The van der Waals surface area contributed by atoms with Crippen molar-refractivity contribution < 1.29 is 0 Å². The van der Waals surface area contributed by atoms with Crippen molar-refractivity contribution in [2.24, 2.45) is 4.36 Å². The van der Waals surface area contributed by atoms with Gasteiger partial charge in [-0.3, -0.25) is 0 Å². The number of anilines is 2. The molecule has 0 bridgehead atoms. The molecule has 3 rings (SSSR count). The normalized spacial score (nSPS) is 17.4. The minimum absolute atomic E-state index is 0.438. The second-order valence-corrected chi connectivity index (χ2v) is 7.63. The van der Waals surface area contributed by atoms with Crippen LogP contribution in [0.15, 0.2) is 57.8 Å². The summed E-state index contributed by atoms with van der Waals surface area (Å²) in [6.45, 7) is 0. The zero-order chi connectivity index (χ0) is 11.7. The Kier molecular flexibility index (Phi) is 3.09. The van der Waals surface area contributed by atoms with Crippen LogP contribution in [-0.4, -0.2) is 0 Å². The van der Waals surface area contributed by atoms with Gasteiger partial charge in [-0.25, -0.2) is 4.36 Å². The fourth-order valence-electron chi connectivity index (χ4n) is 1.59. The lowest BCUT2D eigenvalue weighted by atomic mass is 10.2. The van der Waals surface area contributed by atoms with Gasteiger partial charge in [-0.2, -0.15) is 0 Å². The molecule has 0 fully saturated rings. The number of para-hydroxylation sites is 1. The maximum Gasteiger partial charge on any atom is 0.0873 e. The van der Waals surface area contributed by atoms with Crippen LogP contribution in [0.25, 0.3) is 0 Å². The van der Waals surface area contributed by atoms with Crippen LogP contribution in [0.5, 0.6) is 0 Å². The van der Waals surface area contributed by atoms with Crippen molar-refractivity contribution in [2.75, 3.05) is 5.32 Å². The van der Waals surface area contributed by atoms with Crippen LogP contribution in [0, 0.1) is 0 Å². The third kappa shape index (κ3) is 2.49. The van der Waals surface area contributed by atoms with E-state index in [1.807, 2.05) is 42.5 Å². The minimum atomic E-state index is -0.438. The molecule has 1 aliphatic heterocycles. The van der Waals surface area contributed by atoms with Gasteiger partial charge in [0.15, 0.2) is 0 Å². The van der Waals surface area contributed by atoms with Crippen LogP contribution in [0.4, 0.5) is 17.1 Å². The quantitative estimate of drug-likeness (QED) is 0.780. The van der Waals surface area contributed by atoms with Gasteiger partial charge in [0.25, 0.3) is 0 Å². The van der Waals surface area contributed by atoms with E-state index in [9.17, 15) is 0 Å². The van der Waals surface area contributed by atoms with Crippen molar-refractivity contribution in [2.45, 2.75) is 4.90 Å². The topological polar surface area (TPSA) is 24.4 Å². The second-order valence-electron chi connectivity index (χ2n) is 3.55. The molecule has 1 aliphatic rings. The third-order valence-electron chi connectivity index (χ3n) is 2.35. The summed E-state index contributed by atoms with van der Waals surface area (Å²) in [4.78, 5) is 1.14. The summed E-state index contributed by atoms with van der Waals surface area (Å²) in [5.41, 5.74) is 3.14. The summed E-state index contributed by atoms with van der Waals surface area (Å²) in [6.07, 6.45) is 0. The summed E-state index contributed by atoms with van der Waals surface area (Å²) in [5, 5.41) is 3.35. The van der Waals surface area contributed by atoms with Crippen molar-refractivity contribution >= 4 is 47.5 Å². The molecule has 17 heavy (non-hydrogen) atoms. The number of hydrogen-bond donors (Lipinski definition) is 1. The highest BCUT2D eigenvalue weighted by Crippen LogP contribution is 2.43. The van der Waals surface area contributed by atoms with Crippen LogP contribution >= 0.6 is 21.5 Å². The zero-order valence-corrected chi connectivity index (χ0v) is 11.1. The molecule has 0 saturated carbocycles. The molecule has 0 aromatic heterocycles. The van der Waals surface area contributed by atoms with Crippen LogP contribution in [0.1, 0.15) is 0 Å². The van der Waals surface area contributed by atoms with Crippen molar-refractivity contribution in [1.82, 2.24) is 0 Å². The molecule has 0 amide bonds. The lowest BCUT2D eigenvalue weighted by Crippen LogP contribution is -1.89. The molecule has 2 aromatic carbocycles. The first-order valence-electron chi connectivity index (χ1n) is 5.08. The lowest BCUT2D eigenvalue weighted by Gasteiger charge is -2.06.